The first-order chi connectivity index (χ1) is 7.59. The average molecular weight is 219 g/mol. The fraction of sp³-hybridized carbons (Fsp3) is 0.333. The SMILES string of the molecule is CC(=O)N1CCCc2cc(C(=O)O)ccc21. The van der Waals surface area contributed by atoms with Crippen LogP contribution in [-0.2, 0) is 11.2 Å². The summed E-state index contributed by atoms with van der Waals surface area (Å²) in [5.41, 5.74) is 2.08. The molecule has 1 aliphatic heterocycles. The number of fused-ring (bicyclic) bond motifs is 1. The minimum Gasteiger partial charge on any atom is -0.478 e. The Labute approximate surface area is 93.5 Å². The summed E-state index contributed by atoms with van der Waals surface area (Å²) in [5.74, 6) is -0.924. The fourth-order valence-corrected chi connectivity index (χ4v) is 2.06. The fourth-order valence-electron chi connectivity index (χ4n) is 2.06. The van der Waals surface area contributed by atoms with E-state index in [-0.39, 0.29) is 11.5 Å². The molecule has 16 heavy (non-hydrogen) atoms. The molecular formula is C12H13NO3. The van der Waals surface area contributed by atoms with Crippen molar-refractivity contribution in [3.05, 3.63) is 29.3 Å². The number of carboxylic acid groups (broad SMARTS) is 1. The molecule has 4 nitrogen and oxygen atoms in total. The number of hydrogen-bond donors (Lipinski definition) is 1. The van der Waals surface area contributed by atoms with E-state index in [4.69, 9.17) is 5.11 Å². The maximum Gasteiger partial charge on any atom is 0.335 e. The van der Waals surface area contributed by atoms with E-state index in [1.165, 1.54) is 6.92 Å². The number of hydrogen-bond acceptors (Lipinski definition) is 2. The molecule has 1 N–H and O–H groups in total. The van der Waals surface area contributed by atoms with Gasteiger partial charge in [-0.2, -0.15) is 0 Å². The Morgan fingerprint density at radius 2 is 2.12 bits per heavy atom. The lowest BCUT2D eigenvalue weighted by Crippen LogP contribution is -2.33. The second kappa shape index (κ2) is 3.96. The molecule has 0 bridgehead atoms. The van der Waals surface area contributed by atoms with Crippen molar-refractivity contribution in [2.24, 2.45) is 0 Å². The molecule has 1 aromatic rings. The third-order valence-electron chi connectivity index (χ3n) is 2.83. The van der Waals surface area contributed by atoms with E-state index in [1.807, 2.05) is 0 Å². The van der Waals surface area contributed by atoms with Crippen molar-refractivity contribution >= 4 is 17.6 Å². The van der Waals surface area contributed by atoms with Crippen molar-refractivity contribution < 1.29 is 14.7 Å². The maximum absolute atomic E-state index is 11.4. The third kappa shape index (κ3) is 1.78. The Morgan fingerprint density at radius 3 is 2.75 bits per heavy atom. The van der Waals surface area contributed by atoms with E-state index in [9.17, 15) is 9.59 Å². The number of anilines is 1. The van der Waals surface area contributed by atoms with Crippen molar-refractivity contribution in [2.75, 3.05) is 11.4 Å². The van der Waals surface area contributed by atoms with Gasteiger partial charge in [0.25, 0.3) is 0 Å². The van der Waals surface area contributed by atoms with E-state index in [2.05, 4.69) is 0 Å². The highest BCUT2D eigenvalue weighted by molar-refractivity contribution is 5.94. The molecule has 0 aliphatic carbocycles. The van der Waals surface area contributed by atoms with Crippen molar-refractivity contribution in [3.8, 4) is 0 Å². The lowest BCUT2D eigenvalue weighted by atomic mass is 9.99. The van der Waals surface area contributed by atoms with Crippen LogP contribution in [0, 0.1) is 0 Å². The van der Waals surface area contributed by atoms with Gasteiger partial charge < -0.3 is 10.0 Å². The van der Waals surface area contributed by atoms with Gasteiger partial charge in [0.05, 0.1) is 5.56 Å². The van der Waals surface area contributed by atoms with Gasteiger partial charge in [-0.1, -0.05) is 0 Å². The lowest BCUT2D eigenvalue weighted by molar-refractivity contribution is -0.116. The Kier molecular flexibility index (Phi) is 2.64. The van der Waals surface area contributed by atoms with Crippen molar-refractivity contribution in [3.63, 3.8) is 0 Å². The van der Waals surface area contributed by atoms with Crippen LogP contribution in [0.5, 0.6) is 0 Å². The van der Waals surface area contributed by atoms with Crippen LogP contribution in [-0.4, -0.2) is 23.5 Å². The highest BCUT2D eigenvalue weighted by Gasteiger charge is 2.20. The second-order valence-electron chi connectivity index (χ2n) is 3.92. The van der Waals surface area contributed by atoms with Crippen LogP contribution in [0.25, 0.3) is 0 Å². The summed E-state index contributed by atoms with van der Waals surface area (Å²) in [4.78, 5) is 23.9. The van der Waals surface area contributed by atoms with E-state index in [1.54, 1.807) is 23.1 Å². The molecule has 84 valence electrons. The molecule has 0 radical (unpaired) electrons. The van der Waals surface area contributed by atoms with Gasteiger partial charge in [-0.25, -0.2) is 4.79 Å². The number of carboxylic acids is 1. The minimum absolute atomic E-state index is 0.00373. The molecule has 1 amide bonds. The summed E-state index contributed by atoms with van der Waals surface area (Å²) in [7, 11) is 0. The number of aromatic carboxylic acids is 1. The number of carbonyl (C=O) groups excluding carboxylic acids is 1. The standard InChI is InChI=1S/C12H13NO3/c1-8(14)13-6-2-3-9-7-10(12(15)16)4-5-11(9)13/h4-5,7H,2-3,6H2,1H3,(H,15,16). The summed E-state index contributed by atoms with van der Waals surface area (Å²) in [6, 6.07) is 4.93. The normalized spacial score (nSPS) is 14.4. The van der Waals surface area contributed by atoms with Crippen LogP contribution in [0.4, 0.5) is 5.69 Å². The quantitative estimate of drug-likeness (QED) is 0.781. The van der Waals surface area contributed by atoms with Crippen LogP contribution in [0.3, 0.4) is 0 Å². The van der Waals surface area contributed by atoms with Crippen LogP contribution in [0.15, 0.2) is 18.2 Å². The van der Waals surface area contributed by atoms with Gasteiger partial charge in [0, 0.05) is 19.2 Å². The predicted molar refractivity (Wildman–Crippen MR) is 59.7 cm³/mol. The number of rotatable bonds is 1. The predicted octanol–water partition coefficient (Wildman–Crippen LogP) is 1.68. The maximum atomic E-state index is 11.4. The average Bonchev–Trinajstić information content (AvgIpc) is 2.27. The Hall–Kier alpha value is -1.84. The molecule has 0 atom stereocenters. The van der Waals surface area contributed by atoms with E-state index >= 15 is 0 Å². The van der Waals surface area contributed by atoms with Gasteiger partial charge in [-0.05, 0) is 36.6 Å². The smallest absolute Gasteiger partial charge is 0.335 e. The van der Waals surface area contributed by atoms with Crippen molar-refractivity contribution in [2.45, 2.75) is 19.8 Å². The third-order valence-corrected chi connectivity index (χ3v) is 2.83. The monoisotopic (exact) mass is 219 g/mol. The largest absolute Gasteiger partial charge is 0.478 e. The zero-order valence-corrected chi connectivity index (χ0v) is 9.06. The van der Waals surface area contributed by atoms with Crippen molar-refractivity contribution in [1.82, 2.24) is 0 Å². The van der Waals surface area contributed by atoms with Gasteiger partial charge in [0.2, 0.25) is 5.91 Å². The zero-order valence-electron chi connectivity index (χ0n) is 9.06. The molecule has 0 aromatic heterocycles. The number of carbonyl (C=O) groups is 2. The Bertz CT molecular complexity index is 454. The van der Waals surface area contributed by atoms with Crippen LogP contribution in [0.1, 0.15) is 29.3 Å². The van der Waals surface area contributed by atoms with Crippen LogP contribution >= 0.6 is 0 Å². The number of aryl methyl sites for hydroxylation is 1. The number of nitrogens with zero attached hydrogens (tertiary/aromatic N) is 1. The minimum atomic E-state index is -0.928. The number of amides is 1. The summed E-state index contributed by atoms with van der Waals surface area (Å²) >= 11 is 0. The van der Waals surface area contributed by atoms with Gasteiger partial charge in [-0.15, -0.1) is 0 Å². The first-order valence-electron chi connectivity index (χ1n) is 5.24. The molecule has 1 aromatic carbocycles. The van der Waals surface area contributed by atoms with Crippen LogP contribution < -0.4 is 4.90 Å². The zero-order chi connectivity index (χ0) is 11.7. The molecule has 0 saturated carbocycles. The van der Waals surface area contributed by atoms with Gasteiger partial charge >= 0.3 is 5.97 Å². The highest BCUT2D eigenvalue weighted by Crippen LogP contribution is 2.28. The van der Waals surface area contributed by atoms with E-state index in [0.29, 0.717) is 0 Å². The topological polar surface area (TPSA) is 57.6 Å². The van der Waals surface area contributed by atoms with Gasteiger partial charge in [0.15, 0.2) is 0 Å². The second-order valence-corrected chi connectivity index (χ2v) is 3.92. The molecule has 0 fully saturated rings. The van der Waals surface area contributed by atoms with Gasteiger partial charge in [-0.3, -0.25) is 4.79 Å². The van der Waals surface area contributed by atoms with Crippen LogP contribution in [0.2, 0.25) is 0 Å². The first-order valence-corrected chi connectivity index (χ1v) is 5.24. The summed E-state index contributed by atoms with van der Waals surface area (Å²) in [5, 5.41) is 8.88. The molecule has 2 rings (SSSR count). The first kappa shape index (κ1) is 10.7. The van der Waals surface area contributed by atoms with E-state index in [0.717, 1.165) is 30.6 Å². The van der Waals surface area contributed by atoms with Gasteiger partial charge in [0.1, 0.15) is 0 Å². The molecule has 0 saturated heterocycles. The van der Waals surface area contributed by atoms with E-state index < -0.39 is 5.97 Å². The molecule has 4 heteroatoms. The molecule has 1 aliphatic rings. The lowest BCUT2D eigenvalue weighted by Gasteiger charge is -2.28. The highest BCUT2D eigenvalue weighted by atomic mass is 16.4. The molecular weight excluding hydrogens is 206 g/mol. The van der Waals surface area contributed by atoms with Crippen molar-refractivity contribution in [1.29, 1.82) is 0 Å². The molecule has 0 spiro atoms. The Morgan fingerprint density at radius 1 is 1.38 bits per heavy atom. The summed E-state index contributed by atoms with van der Waals surface area (Å²) < 4.78 is 0. The summed E-state index contributed by atoms with van der Waals surface area (Å²) in [6.45, 7) is 2.24. The number of benzene rings is 1. The Balaban J connectivity index is 2.44. The molecule has 1 heterocycles. The summed E-state index contributed by atoms with van der Waals surface area (Å²) in [6.07, 6.45) is 1.72. The molecule has 0 unspecified atom stereocenters.